The fourth-order valence-corrected chi connectivity index (χ4v) is 3.56. The number of esters is 1. The van der Waals surface area contributed by atoms with E-state index in [9.17, 15) is 19.7 Å². The molecule has 0 aliphatic carbocycles. The Hall–Kier alpha value is -4.66. The van der Waals surface area contributed by atoms with Crippen molar-refractivity contribution in [1.29, 1.82) is 0 Å². The maximum atomic E-state index is 12.9. The average molecular weight is 461 g/mol. The summed E-state index contributed by atoms with van der Waals surface area (Å²) < 4.78 is 21.9. The predicted octanol–water partition coefficient (Wildman–Crippen LogP) is 4.76. The fraction of sp³-hybridized carbons (Fsp3) is 0.120. The zero-order valence-electron chi connectivity index (χ0n) is 18.5. The summed E-state index contributed by atoms with van der Waals surface area (Å²) in [6.45, 7) is 1.66. The van der Waals surface area contributed by atoms with E-state index in [1.165, 1.54) is 50.6 Å². The van der Waals surface area contributed by atoms with Gasteiger partial charge in [0, 0.05) is 17.7 Å². The van der Waals surface area contributed by atoms with Gasteiger partial charge in [0.25, 0.3) is 5.69 Å². The Morgan fingerprint density at radius 1 is 1.00 bits per heavy atom. The first kappa shape index (κ1) is 22.5. The number of nitro groups is 1. The lowest BCUT2D eigenvalue weighted by Crippen LogP contribution is -2.12. The molecule has 0 saturated heterocycles. The van der Waals surface area contributed by atoms with Crippen molar-refractivity contribution >= 4 is 23.5 Å². The van der Waals surface area contributed by atoms with E-state index in [2.05, 4.69) is 0 Å². The van der Waals surface area contributed by atoms with Crippen LogP contribution in [0.3, 0.4) is 0 Å². The molecule has 34 heavy (non-hydrogen) atoms. The largest absolute Gasteiger partial charge is 0.496 e. The van der Waals surface area contributed by atoms with Crippen LogP contribution < -0.4 is 18.9 Å². The van der Waals surface area contributed by atoms with E-state index in [4.69, 9.17) is 18.9 Å². The Bertz CT molecular complexity index is 1340. The molecule has 0 spiro atoms. The summed E-state index contributed by atoms with van der Waals surface area (Å²) in [4.78, 5) is 36.3. The number of rotatable bonds is 6. The number of nitrogens with zero attached hydrogens (tertiary/aromatic N) is 1. The molecule has 3 aromatic rings. The van der Waals surface area contributed by atoms with Gasteiger partial charge in [-0.05, 0) is 42.8 Å². The van der Waals surface area contributed by atoms with Crippen molar-refractivity contribution in [1.82, 2.24) is 0 Å². The summed E-state index contributed by atoms with van der Waals surface area (Å²) in [5.74, 6) is -0.0509. The molecular weight excluding hydrogens is 442 g/mol. The molecule has 0 radical (unpaired) electrons. The van der Waals surface area contributed by atoms with Crippen molar-refractivity contribution in [2.24, 2.45) is 0 Å². The number of fused-ring (bicyclic) bond motifs is 1. The van der Waals surface area contributed by atoms with Crippen molar-refractivity contribution in [2.75, 3.05) is 14.2 Å². The third-order valence-electron chi connectivity index (χ3n) is 5.25. The zero-order chi connectivity index (χ0) is 24.4. The van der Waals surface area contributed by atoms with E-state index in [0.29, 0.717) is 16.7 Å². The van der Waals surface area contributed by atoms with E-state index in [-0.39, 0.29) is 45.8 Å². The van der Waals surface area contributed by atoms with Crippen molar-refractivity contribution in [3.8, 4) is 23.0 Å². The molecule has 1 heterocycles. The van der Waals surface area contributed by atoms with Crippen molar-refractivity contribution in [2.45, 2.75) is 6.92 Å². The van der Waals surface area contributed by atoms with Crippen LogP contribution in [0.25, 0.3) is 6.08 Å². The number of allylic oxidation sites excluding steroid dienone is 1. The highest BCUT2D eigenvalue weighted by atomic mass is 16.6. The van der Waals surface area contributed by atoms with E-state index in [1.54, 1.807) is 31.2 Å². The van der Waals surface area contributed by atoms with Gasteiger partial charge in [-0.1, -0.05) is 18.2 Å². The minimum absolute atomic E-state index is 0.00784. The molecule has 9 nitrogen and oxygen atoms in total. The predicted molar refractivity (Wildman–Crippen MR) is 122 cm³/mol. The van der Waals surface area contributed by atoms with Gasteiger partial charge >= 0.3 is 5.97 Å². The first-order valence-corrected chi connectivity index (χ1v) is 10.1. The summed E-state index contributed by atoms with van der Waals surface area (Å²) in [6.07, 6.45) is 1.43. The lowest BCUT2D eigenvalue weighted by Gasteiger charge is -2.14. The van der Waals surface area contributed by atoms with Crippen LogP contribution in [0.2, 0.25) is 0 Å². The molecule has 172 valence electrons. The van der Waals surface area contributed by atoms with Crippen LogP contribution in [0.5, 0.6) is 23.0 Å². The summed E-state index contributed by atoms with van der Waals surface area (Å²) in [5, 5.41) is 11.0. The molecule has 3 aromatic carbocycles. The lowest BCUT2D eigenvalue weighted by molar-refractivity contribution is -0.384. The molecule has 0 unspecified atom stereocenters. The van der Waals surface area contributed by atoms with Crippen LogP contribution in [-0.2, 0) is 0 Å². The second-order valence-electron chi connectivity index (χ2n) is 7.28. The molecule has 0 bridgehead atoms. The molecule has 0 amide bonds. The molecule has 1 aliphatic heterocycles. The Morgan fingerprint density at radius 2 is 1.68 bits per heavy atom. The fourth-order valence-electron chi connectivity index (χ4n) is 3.56. The van der Waals surface area contributed by atoms with Gasteiger partial charge in [-0.25, -0.2) is 4.79 Å². The van der Waals surface area contributed by atoms with Gasteiger partial charge < -0.3 is 18.9 Å². The van der Waals surface area contributed by atoms with E-state index < -0.39 is 10.9 Å². The van der Waals surface area contributed by atoms with Gasteiger partial charge in [-0.15, -0.1) is 0 Å². The average Bonchev–Trinajstić information content (AvgIpc) is 3.16. The number of hydrogen-bond acceptors (Lipinski definition) is 8. The molecule has 0 saturated carbocycles. The van der Waals surface area contributed by atoms with Gasteiger partial charge in [0.15, 0.2) is 5.76 Å². The van der Waals surface area contributed by atoms with Crippen molar-refractivity contribution in [3.63, 3.8) is 0 Å². The smallest absolute Gasteiger partial charge is 0.351 e. The van der Waals surface area contributed by atoms with E-state index >= 15 is 0 Å². The molecule has 9 heteroatoms. The highest BCUT2D eigenvalue weighted by Gasteiger charge is 2.31. The van der Waals surface area contributed by atoms with Gasteiger partial charge in [-0.2, -0.15) is 0 Å². The number of benzene rings is 3. The first-order valence-electron chi connectivity index (χ1n) is 10.1. The molecule has 0 aromatic heterocycles. The number of ketones is 1. The van der Waals surface area contributed by atoms with E-state index in [1.807, 2.05) is 0 Å². The molecule has 1 aliphatic rings. The molecule has 0 atom stereocenters. The highest BCUT2D eigenvalue weighted by Crippen LogP contribution is 2.40. The van der Waals surface area contributed by atoms with Crippen LogP contribution in [0.1, 0.15) is 31.8 Å². The normalized spacial score (nSPS) is 13.3. The minimum atomic E-state index is -0.700. The van der Waals surface area contributed by atoms with Gasteiger partial charge in [0.1, 0.15) is 28.6 Å². The topological polar surface area (TPSA) is 114 Å². The third-order valence-corrected chi connectivity index (χ3v) is 5.25. The number of carbonyl (C=O) groups excluding carboxylic acids is 2. The second-order valence-corrected chi connectivity index (χ2v) is 7.28. The Labute approximate surface area is 194 Å². The summed E-state index contributed by atoms with van der Waals surface area (Å²) in [6, 6.07) is 13.8. The third kappa shape index (κ3) is 4.06. The number of nitro benzene ring substituents is 1. The maximum Gasteiger partial charge on any atom is 0.351 e. The Morgan fingerprint density at radius 3 is 2.32 bits per heavy atom. The van der Waals surface area contributed by atoms with Crippen LogP contribution in [0.4, 0.5) is 5.69 Å². The monoisotopic (exact) mass is 461 g/mol. The van der Waals surface area contributed by atoms with Crippen LogP contribution >= 0.6 is 0 Å². The van der Waals surface area contributed by atoms with Gasteiger partial charge in [-0.3, -0.25) is 14.9 Å². The quantitative estimate of drug-likeness (QED) is 0.170. The summed E-state index contributed by atoms with van der Waals surface area (Å²) in [5.41, 5.74) is 1.20. The minimum Gasteiger partial charge on any atom is -0.496 e. The lowest BCUT2D eigenvalue weighted by atomic mass is 10.1. The SMILES string of the molecule is COc1cccc(OC)c1C(=O)Oc1ccc2c(c1C)O/C(=C\c1cccc([N+](=O)[O-])c1)C2=O. The van der Waals surface area contributed by atoms with Crippen LogP contribution in [0, 0.1) is 17.0 Å². The molecule has 4 rings (SSSR count). The maximum absolute atomic E-state index is 12.9. The molecular formula is C25H19NO8. The van der Waals surface area contributed by atoms with Crippen molar-refractivity contribution < 1.29 is 33.5 Å². The first-order chi connectivity index (χ1) is 16.3. The van der Waals surface area contributed by atoms with Crippen molar-refractivity contribution in [3.05, 3.63) is 92.7 Å². The van der Waals surface area contributed by atoms with Crippen LogP contribution in [-0.4, -0.2) is 30.9 Å². The number of non-ortho nitro benzene ring substituents is 1. The highest BCUT2D eigenvalue weighted by molar-refractivity contribution is 6.15. The van der Waals surface area contributed by atoms with Gasteiger partial charge in [0.2, 0.25) is 5.78 Å². The zero-order valence-corrected chi connectivity index (χ0v) is 18.5. The number of ether oxygens (including phenoxy) is 4. The van der Waals surface area contributed by atoms with Gasteiger partial charge in [0.05, 0.1) is 24.7 Å². The molecule has 0 N–H and O–H groups in total. The molecule has 0 fully saturated rings. The number of hydrogen-bond donors (Lipinski definition) is 0. The van der Waals surface area contributed by atoms with E-state index in [0.717, 1.165) is 0 Å². The van der Waals surface area contributed by atoms with Crippen LogP contribution in [0.15, 0.2) is 60.4 Å². The number of carbonyl (C=O) groups is 2. The summed E-state index contributed by atoms with van der Waals surface area (Å²) >= 11 is 0. The Kier molecular flexibility index (Phi) is 6.01. The Balaban J connectivity index is 1.64. The standard InChI is InChI=1S/C25H19NO8/c1-14-18(34-25(28)22-19(31-2)8-5-9-20(22)32-3)11-10-17-23(27)21(33-24(14)17)13-15-6-4-7-16(12-15)26(29)30/h4-13H,1-3H3/b21-13-. The summed E-state index contributed by atoms with van der Waals surface area (Å²) in [7, 11) is 2.86. The second kappa shape index (κ2) is 9.07. The number of methoxy groups -OCH3 is 2. The number of Topliss-reactive ketones (excluding diaryl/α,β-unsaturated/α-hetero) is 1.